The van der Waals surface area contributed by atoms with E-state index < -0.39 is 0 Å². The molecule has 2 nitrogen and oxygen atoms in total. The van der Waals surface area contributed by atoms with Crippen LogP contribution >= 0.6 is 0 Å². The van der Waals surface area contributed by atoms with E-state index in [1.165, 1.54) is 11.1 Å². The van der Waals surface area contributed by atoms with E-state index in [0.29, 0.717) is 0 Å². The zero-order valence-electron chi connectivity index (χ0n) is 11.1. The standard InChI is InChI=1S/C14H23NO/c1-6-7-8-13(14(16)15-5)10-9-12(4)11(2)3/h8-10H,6-7H2,1-5H3,(H,15,16)/b10-9-,13-8-. The molecular weight excluding hydrogens is 198 g/mol. The van der Waals surface area contributed by atoms with Crippen molar-refractivity contribution in [2.45, 2.75) is 40.5 Å². The van der Waals surface area contributed by atoms with Crippen molar-refractivity contribution in [2.24, 2.45) is 0 Å². The van der Waals surface area contributed by atoms with E-state index in [1.54, 1.807) is 7.05 Å². The van der Waals surface area contributed by atoms with Crippen LogP contribution in [-0.4, -0.2) is 13.0 Å². The molecule has 0 aliphatic heterocycles. The minimum Gasteiger partial charge on any atom is -0.355 e. The van der Waals surface area contributed by atoms with E-state index in [4.69, 9.17) is 0 Å². The van der Waals surface area contributed by atoms with Crippen molar-refractivity contribution in [3.05, 3.63) is 34.9 Å². The molecule has 0 aromatic heterocycles. The molecule has 0 rings (SSSR count). The minimum atomic E-state index is -0.0220. The third kappa shape index (κ3) is 5.54. The first-order valence-corrected chi connectivity index (χ1v) is 5.77. The lowest BCUT2D eigenvalue weighted by atomic mass is 10.1. The molecule has 16 heavy (non-hydrogen) atoms. The first kappa shape index (κ1) is 14.7. The molecule has 90 valence electrons. The zero-order chi connectivity index (χ0) is 12.6. The number of unbranched alkanes of at least 4 members (excludes halogenated alkanes) is 1. The second kappa shape index (κ2) is 7.91. The number of amides is 1. The van der Waals surface area contributed by atoms with Crippen molar-refractivity contribution in [3.8, 4) is 0 Å². The molecule has 0 aliphatic rings. The van der Waals surface area contributed by atoms with E-state index in [9.17, 15) is 4.79 Å². The molecule has 0 spiro atoms. The second-order valence-electron chi connectivity index (χ2n) is 4.04. The number of carbonyl (C=O) groups is 1. The van der Waals surface area contributed by atoms with Crippen molar-refractivity contribution < 1.29 is 4.79 Å². The maximum absolute atomic E-state index is 11.6. The Hall–Kier alpha value is -1.31. The molecule has 0 bridgehead atoms. The summed E-state index contributed by atoms with van der Waals surface area (Å²) in [6.45, 7) is 8.28. The molecular formula is C14H23NO. The number of hydrogen-bond donors (Lipinski definition) is 1. The summed E-state index contributed by atoms with van der Waals surface area (Å²) >= 11 is 0. The van der Waals surface area contributed by atoms with Crippen LogP contribution in [0.15, 0.2) is 34.9 Å². The lowest BCUT2D eigenvalue weighted by Gasteiger charge is -2.01. The highest BCUT2D eigenvalue weighted by atomic mass is 16.1. The quantitative estimate of drug-likeness (QED) is 0.559. The summed E-state index contributed by atoms with van der Waals surface area (Å²) in [7, 11) is 1.66. The van der Waals surface area contributed by atoms with Crippen LogP contribution < -0.4 is 5.32 Å². The van der Waals surface area contributed by atoms with E-state index in [0.717, 1.165) is 18.4 Å². The molecule has 0 unspecified atom stereocenters. The Kier molecular flexibility index (Phi) is 7.27. The molecule has 0 saturated carbocycles. The molecule has 0 saturated heterocycles. The van der Waals surface area contributed by atoms with E-state index in [2.05, 4.69) is 26.1 Å². The smallest absolute Gasteiger partial charge is 0.250 e. The van der Waals surface area contributed by atoms with Crippen LogP contribution in [0, 0.1) is 0 Å². The van der Waals surface area contributed by atoms with Gasteiger partial charge in [-0.05, 0) is 33.3 Å². The molecule has 0 aromatic rings. The van der Waals surface area contributed by atoms with Crippen molar-refractivity contribution >= 4 is 5.91 Å². The van der Waals surface area contributed by atoms with Gasteiger partial charge in [-0.15, -0.1) is 0 Å². The third-order valence-electron chi connectivity index (χ3n) is 2.44. The number of allylic oxidation sites excluding steroid dienone is 4. The summed E-state index contributed by atoms with van der Waals surface area (Å²) in [4.78, 5) is 11.6. The lowest BCUT2D eigenvalue weighted by molar-refractivity contribution is -0.116. The molecule has 0 atom stereocenters. The van der Waals surface area contributed by atoms with Crippen molar-refractivity contribution in [1.82, 2.24) is 5.32 Å². The lowest BCUT2D eigenvalue weighted by Crippen LogP contribution is -2.19. The summed E-state index contributed by atoms with van der Waals surface area (Å²) < 4.78 is 0. The van der Waals surface area contributed by atoms with Crippen molar-refractivity contribution in [2.75, 3.05) is 7.05 Å². The fraction of sp³-hybridized carbons (Fsp3) is 0.500. The summed E-state index contributed by atoms with van der Waals surface area (Å²) in [5, 5.41) is 2.65. The monoisotopic (exact) mass is 221 g/mol. The predicted molar refractivity (Wildman–Crippen MR) is 70.2 cm³/mol. The van der Waals surface area contributed by atoms with Gasteiger partial charge in [0.1, 0.15) is 0 Å². The van der Waals surface area contributed by atoms with Crippen LogP contribution in [0.1, 0.15) is 40.5 Å². The van der Waals surface area contributed by atoms with Gasteiger partial charge in [-0.1, -0.05) is 36.6 Å². The van der Waals surface area contributed by atoms with Crippen molar-refractivity contribution in [1.29, 1.82) is 0 Å². The van der Waals surface area contributed by atoms with Crippen LogP contribution in [0.5, 0.6) is 0 Å². The van der Waals surface area contributed by atoms with Crippen LogP contribution in [0.25, 0.3) is 0 Å². The zero-order valence-corrected chi connectivity index (χ0v) is 11.1. The maximum Gasteiger partial charge on any atom is 0.250 e. The Bertz CT molecular complexity index is 318. The number of rotatable bonds is 5. The highest BCUT2D eigenvalue weighted by Gasteiger charge is 2.02. The molecule has 0 heterocycles. The topological polar surface area (TPSA) is 29.1 Å². The average Bonchev–Trinajstić information content (AvgIpc) is 2.27. The maximum atomic E-state index is 11.6. The van der Waals surface area contributed by atoms with Gasteiger partial charge in [0, 0.05) is 12.6 Å². The molecule has 0 radical (unpaired) electrons. The van der Waals surface area contributed by atoms with Crippen molar-refractivity contribution in [3.63, 3.8) is 0 Å². The van der Waals surface area contributed by atoms with Gasteiger partial charge in [-0.2, -0.15) is 0 Å². The largest absolute Gasteiger partial charge is 0.355 e. The average molecular weight is 221 g/mol. The Morgan fingerprint density at radius 1 is 1.19 bits per heavy atom. The van der Waals surface area contributed by atoms with Crippen LogP contribution in [0.3, 0.4) is 0 Å². The fourth-order valence-electron chi connectivity index (χ4n) is 1.06. The second-order valence-corrected chi connectivity index (χ2v) is 4.04. The normalized spacial score (nSPS) is 11.7. The molecule has 2 heteroatoms. The van der Waals surface area contributed by atoms with Gasteiger partial charge in [-0.3, -0.25) is 4.79 Å². The molecule has 0 fully saturated rings. The van der Waals surface area contributed by atoms with Crippen LogP contribution in [-0.2, 0) is 4.79 Å². The van der Waals surface area contributed by atoms with E-state index in [-0.39, 0.29) is 5.91 Å². The van der Waals surface area contributed by atoms with Gasteiger partial charge in [0.2, 0.25) is 0 Å². The summed E-state index contributed by atoms with van der Waals surface area (Å²) in [6, 6.07) is 0. The minimum absolute atomic E-state index is 0.0220. The predicted octanol–water partition coefficient (Wildman–Crippen LogP) is 3.37. The molecule has 1 amide bonds. The summed E-state index contributed by atoms with van der Waals surface area (Å²) in [5.41, 5.74) is 3.21. The fourth-order valence-corrected chi connectivity index (χ4v) is 1.06. The highest BCUT2D eigenvalue weighted by Crippen LogP contribution is 2.07. The van der Waals surface area contributed by atoms with E-state index in [1.807, 2.05) is 25.2 Å². The summed E-state index contributed by atoms with van der Waals surface area (Å²) in [6.07, 6.45) is 7.84. The van der Waals surface area contributed by atoms with Gasteiger partial charge in [-0.25, -0.2) is 0 Å². The highest BCUT2D eigenvalue weighted by molar-refractivity contribution is 5.96. The number of hydrogen-bond acceptors (Lipinski definition) is 1. The molecule has 0 aromatic carbocycles. The van der Waals surface area contributed by atoms with Gasteiger partial charge < -0.3 is 5.32 Å². The first-order chi connectivity index (χ1) is 7.52. The third-order valence-corrected chi connectivity index (χ3v) is 2.44. The van der Waals surface area contributed by atoms with Gasteiger partial charge in [0.15, 0.2) is 0 Å². The SMILES string of the molecule is CCC/C=C(/C=C\C(C)=C(C)C)C(=O)NC. The first-order valence-electron chi connectivity index (χ1n) is 5.77. The Morgan fingerprint density at radius 2 is 1.81 bits per heavy atom. The Labute approximate surface area is 99.1 Å². The number of carbonyl (C=O) groups excluding carboxylic acids is 1. The number of nitrogens with one attached hydrogen (secondary N) is 1. The Balaban J connectivity index is 4.81. The van der Waals surface area contributed by atoms with Gasteiger partial charge in [0.05, 0.1) is 0 Å². The van der Waals surface area contributed by atoms with Gasteiger partial charge >= 0.3 is 0 Å². The molecule has 0 aliphatic carbocycles. The number of likely N-dealkylation sites (N-methyl/N-ethyl adjacent to an activating group) is 1. The van der Waals surface area contributed by atoms with E-state index >= 15 is 0 Å². The molecule has 1 N–H and O–H groups in total. The van der Waals surface area contributed by atoms with Gasteiger partial charge in [0.25, 0.3) is 5.91 Å². The summed E-state index contributed by atoms with van der Waals surface area (Å²) in [5.74, 6) is -0.0220. The van der Waals surface area contributed by atoms with Crippen LogP contribution in [0.2, 0.25) is 0 Å². The Morgan fingerprint density at radius 3 is 2.25 bits per heavy atom. The van der Waals surface area contributed by atoms with Crippen LogP contribution in [0.4, 0.5) is 0 Å².